The second-order valence-corrected chi connectivity index (χ2v) is 8.37. The minimum Gasteiger partial charge on any atom is -0.459 e. The smallest absolute Gasteiger partial charge is 0.353 e. The average Bonchev–Trinajstić information content (AvgIpc) is 3.46. The number of carbonyl (C=O) groups excluding carboxylic acids is 2. The zero-order valence-electron chi connectivity index (χ0n) is 19.7. The van der Waals surface area contributed by atoms with Gasteiger partial charge in [0.2, 0.25) is 17.5 Å². The van der Waals surface area contributed by atoms with Crippen LogP contribution in [0.5, 0.6) is 0 Å². The first kappa shape index (κ1) is 23.7. The lowest BCUT2D eigenvalue weighted by atomic mass is 10.1. The number of fused-ring (bicyclic) bond motifs is 1. The van der Waals surface area contributed by atoms with Crippen LogP contribution in [0.2, 0.25) is 0 Å². The zero-order chi connectivity index (χ0) is 25.8. The summed E-state index contributed by atoms with van der Waals surface area (Å²) in [7, 11) is 0. The van der Waals surface area contributed by atoms with Gasteiger partial charge < -0.3 is 24.9 Å². The number of aromatic nitrogens is 2. The highest BCUT2D eigenvalue weighted by atomic mass is 16.6. The van der Waals surface area contributed by atoms with Crippen LogP contribution < -0.4 is 15.5 Å². The molecule has 0 bridgehead atoms. The van der Waals surface area contributed by atoms with Crippen molar-refractivity contribution in [2.75, 3.05) is 48.3 Å². The van der Waals surface area contributed by atoms with E-state index in [2.05, 4.69) is 20.6 Å². The second-order valence-electron chi connectivity index (χ2n) is 8.37. The number of nitro groups is 1. The summed E-state index contributed by atoms with van der Waals surface area (Å²) >= 11 is 0. The fourth-order valence-electron chi connectivity index (χ4n) is 4.21. The third-order valence-corrected chi connectivity index (χ3v) is 6.03. The van der Waals surface area contributed by atoms with Crippen molar-refractivity contribution in [3.63, 3.8) is 0 Å². The molecule has 0 unspecified atom stereocenters. The summed E-state index contributed by atoms with van der Waals surface area (Å²) in [5, 5.41) is 19.5. The molecule has 12 nitrogen and oxygen atoms in total. The lowest BCUT2D eigenvalue weighted by Crippen LogP contribution is -2.49. The molecule has 0 saturated carbocycles. The summed E-state index contributed by atoms with van der Waals surface area (Å²) < 4.78 is 5.17. The van der Waals surface area contributed by atoms with Crippen molar-refractivity contribution in [3.05, 3.63) is 83.1 Å². The molecule has 2 aromatic heterocycles. The number of carbonyl (C=O) groups is 2. The Kier molecular flexibility index (Phi) is 6.62. The Labute approximate surface area is 211 Å². The molecule has 5 rings (SSSR count). The molecule has 2 N–H and O–H groups in total. The summed E-state index contributed by atoms with van der Waals surface area (Å²) in [5.74, 6) is -0.299. The molecular weight excluding hydrogens is 478 g/mol. The van der Waals surface area contributed by atoms with Gasteiger partial charge in [-0.2, -0.15) is 0 Å². The van der Waals surface area contributed by atoms with E-state index in [1.165, 1.54) is 12.6 Å². The lowest BCUT2D eigenvalue weighted by Gasteiger charge is -2.34. The number of anilines is 3. The highest BCUT2D eigenvalue weighted by Crippen LogP contribution is 2.32. The molecule has 2 amide bonds. The number of hydrogen-bond acceptors (Lipinski definition) is 9. The van der Waals surface area contributed by atoms with E-state index >= 15 is 0 Å². The van der Waals surface area contributed by atoms with Gasteiger partial charge in [0, 0.05) is 31.9 Å². The topological polar surface area (TPSA) is 147 Å². The third kappa shape index (κ3) is 5.17. The highest BCUT2D eigenvalue weighted by molar-refractivity contribution is 5.96. The van der Waals surface area contributed by atoms with Crippen molar-refractivity contribution < 1.29 is 18.9 Å². The van der Waals surface area contributed by atoms with Crippen molar-refractivity contribution in [3.8, 4) is 0 Å². The number of nitrogens with zero attached hydrogens (tertiary/aromatic N) is 5. The Hall–Kier alpha value is -5.00. The molecule has 0 aliphatic carbocycles. The van der Waals surface area contributed by atoms with Gasteiger partial charge >= 0.3 is 5.69 Å². The second kappa shape index (κ2) is 10.3. The number of amides is 2. The van der Waals surface area contributed by atoms with E-state index in [9.17, 15) is 19.7 Å². The van der Waals surface area contributed by atoms with Crippen molar-refractivity contribution in [2.45, 2.75) is 0 Å². The standard InChI is InChI=1S/C25H23N7O5/c33-21(29-19-8-7-17-4-1-2-5-18(17)14-19)15-26-23-22(32(35)36)24(28-16-27-23)30-9-11-31(12-10-30)25(34)20-6-3-13-37-20/h1-8,13-14,16H,9-12,15H2,(H,29,33)(H,26,27,28). The summed E-state index contributed by atoms with van der Waals surface area (Å²) in [4.78, 5) is 47.9. The van der Waals surface area contributed by atoms with Gasteiger partial charge in [0.1, 0.15) is 6.33 Å². The third-order valence-electron chi connectivity index (χ3n) is 6.03. The summed E-state index contributed by atoms with van der Waals surface area (Å²) in [6.07, 6.45) is 2.65. The van der Waals surface area contributed by atoms with E-state index in [-0.39, 0.29) is 41.4 Å². The quantitative estimate of drug-likeness (QED) is 0.288. The number of piperazine rings is 1. The molecule has 1 aliphatic rings. The van der Waals surface area contributed by atoms with Crippen molar-refractivity contribution in [1.29, 1.82) is 0 Å². The van der Waals surface area contributed by atoms with Crippen molar-refractivity contribution in [1.82, 2.24) is 14.9 Å². The van der Waals surface area contributed by atoms with Crippen LogP contribution in [0.1, 0.15) is 10.6 Å². The molecule has 1 aliphatic heterocycles. The lowest BCUT2D eigenvalue weighted by molar-refractivity contribution is -0.383. The molecule has 1 fully saturated rings. The van der Waals surface area contributed by atoms with E-state index in [1.807, 2.05) is 36.4 Å². The molecule has 3 heterocycles. The van der Waals surface area contributed by atoms with E-state index in [0.29, 0.717) is 31.9 Å². The molecule has 1 saturated heterocycles. The van der Waals surface area contributed by atoms with Gasteiger partial charge in [0.15, 0.2) is 5.76 Å². The maximum atomic E-state index is 12.5. The molecule has 2 aromatic carbocycles. The molecule has 37 heavy (non-hydrogen) atoms. The van der Waals surface area contributed by atoms with Gasteiger partial charge in [-0.15, -0.1) is 0 Å². The SMILES string of the molecule is O=C(CNc1ncnc(N2CCN(C(=O)c3ccco3)CC2)c1[N+](=O)[O-])Nc1ccc2ccccc2c1. The van der Waals surface area contributed by atoms with Crippen LogP contribution in [-0.2, 0) is 4.79 Å². The summed E-state index contributed by atoms with van der Waals surface area (Å²) in [6, 6.07) is 16.6. The van der Waals surface area contributed by atoms with E-state index in [0.717, 1.165) is 10.8 Å². The fraction of sp³-hybridized carbons (Fsp3) is 0.200. The van der Waals surface area contributed by atoms with Crippen LogP contribution in [-0.4, -0.2) is 64.3 Å². The van der Waals surface area contributed by atoms with Crippen molar-refractivity contribution >= 4 is 45.6 Å². The van der Waals surface area contributed by atoms with Gasteiger partial charge in [-0.3, -0.25) is 19.7 Å². The molecule has 0 atom stereocenters. The van der Waals surface area contributed by atoms with Crippen LogP contribution in [0.25, 0.3) is 10.8 Å². The normalized spacial score (nSPS) is 13.4. The zero-order valence-corrected chi connectivity index (χ0v) is 19.7. The summed E-state index contributed by atoms with van der Waals surface area (Å²) in [6.45, 7) is 1.14. The maximum Gasteiger partial charge on any atom is 0.353 e. The van der Waals surface area contributed by atoms with Crippen LogP contribution in [0.15, 0.2) is 71.6 Å². The molecule has 0 radical (unpaired) electrons. The van der Waals surface area contributed by atoms with Gasteiger partial charge in [-0.05, 0) is 35.0 Å². The Balaban J connectivity index is 1.24. The number of rotatable bonds is 7. The monoisotopic (exact) mass is 501 g/mol. The largest absolute Gasteiger partial charge is 0.459 e. The minimum atomic E-state index is -0.570. The van der Waals surface area contributed by atoms with Crippen LogP contribution in [0.4, 0.5) is 23.0 Å². The number of furan rings is 1. The summed E-state index contributed by atoms with van der Waals surface area (Å²) in [5.41, 5.74) is 0.289. The molecule has 188 valence electrons. The fourth-order valence-corrected chi connectivity index (χ4v) is 4.21. The van der Waals surface area contributed by atoms with Crippen LogP contribution >= 0.6 is 0 Å². The Bertz CT molecular complexity index is 1450. The maximum absolute atomic E-state index is 12.5. The van der Waals surface area contributed by atoms with Crippen LogP contribution in [0, 0.1) is 10.1 Å². The van der Waals surface area contributed by atoms with Gasteiger partial charge in [-0.1, -0.05) is 30.3 Å². The first-order valence-corrected chi connectivity index (χ1v) is 11.6. The van der Waals surface area contributed by atoms with E-state index in [1.54, 1.807) is 28.0 Å². The van der Waals surface area contributed by atoms with Gasteiger partial charge in [-0.25, -0.2) is 9.97 Å². The Morgan fingerprint density at radius 3 is 2.51 bits per heavy atom. The Morgan fingerprint density at radius 2 is 1.78 bits per heavy atom. The molecular formula is C25H23N7O5. The van der Waals surface area contributed by atoms with E-state index < -0.39 is 4.92 Å². The molecule has 12 heteroatoms. The van der Waals surface area contributed by atoms with E-state index in [4.69, 9.17) is 4.42 Å². The number of nitrogens with one attached hydrogen (secondary N) is 2. The predicted octanol–water partition coefficient (Wildman–Crippen LogP) is 3.14. The van der Waals surface area contributed by atoms with Crippen molar-refractivity contribution in [2.24, 2.45) is 0 Å². The van der Waals surface area contributed by atoms with Gasteiger partial charge in [0.05, 0.1) is 17.7 Å². The first-order valence-electron chi connectivity index (χ1n) is 11.6. The highest BCUT2D eigenvalue weighted by Gasteiger charge is 2.31. The number of benzene rings is 2. The molecule has 4 aromatic rings. The first-order chi connectivity index (χ1) is 18.0. The van der Waals surface area contributed by atoms with Gasteiger partial charge in [0.25, 0.3) is 5.91 Å². The predicted molar refractivity (Wildman–Crippen MR) is 137 cm³/mol. The Morgan fingerprint density at radius 1 is 1.00 bits per heavy atom. The minimum absolute atomic E-state index is 0.0576. The average molecular weight is 502 g/mol. The molecule has 0 spiro atoms. The number of hydrogen-bond donors (Lipinski definition) is 2. The van der Waals surface area contributed by atoms with Crippen LogP contribution in [0.3, 0.4) is 0 Å².